The average molecular weight is 633 g/mol. The van der Waals surface area contributed by atoms with Crippen LogP contribution >= 0.6 is 0 Å². The fourth-order valence-corrected chi connectivity index (χ4v) is 2.94. The predicted molar refractivity (Wildman–Crippen MR) is 164 cm³/mol. The van der Waals surface area contributed by atoms with Gasteiger partial charge in [-0.25, -0.2) is 0 Å². The summed E-state index contributed by atoms with van der Waals surface area (Å²) in [5.41, 5.74) is 5.47. The molecule has 0 aromatic rings. The number of nitrogens with zero attached hydrogens (tertiary/aromatic N) is 1. The molecule has 0 aromatic carbocycles. The van der Waals surface area contributed by atoms with Crippen LogP contribution in [0.15, 0.2) is 0 Å². The summed E-state index contributed by atoms with van der Waals surface area (Å²) in [4.78, 5) is 2.27. The highest BCUT2D eigenvalue weighted by Crippen LogP contribution is 1.93. The lowest BCUT2D eigenvalue weighted by atomic mass is 10.4. The molecular weight excluding hydrogens is 568 g/mol. The highest BCUT2D eigenvalue weighted by molar-refractivity contribution is 4.57. The van der Waals surface area contributed by atoms with Crippen molar-refractivity contribution in [3.63, 3.8) is 0 Å². The minimum absolute atomic E-state index is 0.101. The van der Waals surface area contributed by atoms with Gasteiger partial charge < -0.3 is 62.6 Å². The van der Waals surface area contributed by atoms with Gasteiger partial charge in [-0.1, -0.05) is 0 Å². The van der Waals surface area contributed by atoms with Crippen LogP contribution in [0.2, 0.25) is 0 Å². The lowest BCUT2D eigenvalue weighted by Crippen LogP contribution is -2.34. The quantitative estimate of drug-likeness (QED) is 0.0961. The van der Waals surface area contributed by atoms with Crippen molar-refractivity contribution < 1.29 is 56.8 Å². The molecule has 0 aromatic heterocycles. The Hall–Kier alpha value is -0.560. The van der Waals surface area contributed by atoms with Gasteiger partial charge in [-0.15, -0.1) is 0 Å². The van der Waals surface area contributed by atoms with Gasteiger partial charge in [0.1, 0.15) is 0 Å². The van der Waals surface area contributed by atoms with E-state index in [0.717, 1.165) is 19.6 Å². The summed E-state index contributed by atoms with van der Waals surface area (Å²) in [6.07, 6.45) is 0. The fourth-order valence-electron chi connectivity index (χ4n) is 2.94. The molecule has 0 aliphatic carbocycles. The number of nitrogens with two attached hydrogens (primary N) is 1. The van der Waals surface area contributed by atoms with Gasteiger partial charge in [0.15, 0.2) is 0 Å². The lowest BCUT2D eigenvalue weighted by molar-refractivity contribution is -0.000605. The molecule has 0 bridgehead atoms. The maximum absolute atomic E-state index is 5.66. The molecule has 1 atom stereocenters. The van der Waals surface area contributed by atoms with Crippen LogP contribution in [-0.2, 0) is 56.8 Å². The molecule has 0 aliphatic heterocycles. The minimum Gasteiger partial charge on any atom is -0.382 e. The first-order valence-corrected chi connectivity index (χ1v) is 15.2. The van der Waals surface area contributed by atoms with Crippen molar-refractivity contribution in [1.82, 2.24) is 4.90 Å². The van der Waals surface area contributed by atoms with Gasteiger partial charge >= 0.3 is 0 Å². The molecule has 14 heteroatoms. The van der Waals surface area contributed by atoms with Crippen LogP contribution in [0.4, 0.5) is 0 Å². The summed E-state index contributed by atoms with van der Waals surface area (Å²) < 4.78 is 63.1. The lowest BCUT2D eigenvalue weighted by Gasteiger charge is -2.22. The second kappa shape index (κ2) is 41.4. The third kappa shape index (κ3) is 43.6. The zero-order valence-electron chi connectivity index (χ0n) is 27.8. The molecule has 0 aliphatic rings. The molecule has 0 radical (unpaired) electrons. The Morgan fingerprint density at radius 2 is 0.605 bits per heavy atom. The van der Waals surface area contributed by atoms with E-state index < -0.39 is 0 Å². The van der Waals surface area contributed by atoms with Crippen LogP contribution in [0, 0.1) is 0 Å². The number of methoxy groups -OCH3 is 4. The number of rotatable bonds is 35. The van der Waals surface area contributed by atoms with Crippen molar-refractivity contribution in [2.24, 2.45) is 5.73 Å². The van der Waals surface area contributed by atoms with Gasteiger partial charge in [0.25, 0.3) is 0 Å². The van der Waals surface area contributed by atoms with Crippen molar-refractivity contribution in [2.75, 3.05) is 180 Å². The molecule has 43 heavy (non-hydrogen) atoms. The normalized spacial score (nSPS) is 12.1. The minimum atomic E-state index is 0.101. The molecule has 0 saturated heterocycles. The smallest absolute Gasteiger partial charge is 0.0701 e. The second-order valence-corrected chi connectivity index (χ2v) is 9.15. The van der Waals surface area contributed by atoms with Crippen molar-refractivity contribution in [3.05, 3.63) is 0 Å². The predicted octanol–water partition coefficient (Wildman–Crippen LogP) is 0.340. The molecule has 0 amide bonds. The van der Waals surface area contributed by atoms with Crippen LogP contribution in [0.25, 0.3) is 0 Å². The highest BCUT2D eigenvalue weighted by Gasteiger charge is 2.06. The van der Waals surface area contributed by atoms with Gasteiger partial charge in [-0.2, -0.15) is 0 Å². The van der Waals surface area contributed by atoms with E-state index in [1.807, 2.05) is 6.92 Å². The molecule has 0 spiro atoms. The maximum atomic E-state index is 5.66. The van der Waals surface area contributed by atoms with Gasteiger partial charge in [0.2, 0.25) is 0 Å². The van der Waals surface area contributed by atoms with E-state index in [2.05, 4.69) is 4.90 Å². The van der Waals surface area contributed by atoms with E-state index in [1.165, 1.54) is 0 Å². The molecule has 0 saturated carbocycles. The summed E-state index contributed by atoms with van der Waals surface area (Å²) in [5, 5.41) is 0. The number of hydrogen-bond acceptors (Lipinski definition) is 14. The number of hydrogen-bond donors (Lipinski definition) is 1. The molecule has 262 valence electrons. The van der Waals surface area contributed by atoms with Crippen LogP contribution in [-0.4, -0.2) is 191 Å². The topological polar surface area (TPSA) is 140 Å². The molecule has 1 unspecified atom stereocenters. The van der Waals surface area contributed by atoms with Gasteiger partial charge in [-0.05, 0) is 6.92 Å². The Bertz CT molecular complexity index is 437. The van der Waals surface area contributed by atoms with Crippen LogP contribution in [0.5, 0.6) is 0 Å². The van der Waals surface area contributed by atoms with Crippen molar-refractivity contribution in [1.29, 1.82) is 0 Å². The summed E-state index contributed by atoms with van der Waals surface area (Å²) in [6.45, 7) is 16.3. The first kappa shape index (κ1) is 44.6. The third-order valence-corrected chi connectivity index (χ3v) is 5.25. The van der Waals surface area contributed by atoms with E-state index in [4.69, 9.17) is 62.6 Å². The van der Waals surface area contributed by atoms with Crippen LogP contribution in [0.3, 0.4) is 0 Å². The molecular formula is C29H64N2O12. The SMILES string of the molecule is COCCOCCOCC(C)N.COCCOCCOCCN(CCOCCOCCOC)CCOCCOCCOC. The summed E-state index contributed by atoms with van der Waals surface area (Å²) in [6, 6.07) is 0.101. The largest absolute Gasteiger partial charge is 0.382 e. The average Bonchev–Trinajstić information content (AvgIpc) is 3.00. The molecule has 0 heterocycles. The van der Waals surface area contributed by atoms with Crippen molar-refractivity contribution in [2.45, 2.75) is 13.0 Å². The van der Waals surface area contributed by atoms with Crippen molar-refractivity contribution in [3.8, 4) is 0 Å². The molecule has 0 rings (SSSR count). The van der Waals surface area contributed by atoms with E-state index in [-0.39, 0.29) is 6.04 Å². The molecule has 2 N–H and O–H groups in total. The summed E-state index contributed by atoms with van der Waals surface area (Å²) in [7, 11) is 6.62. The second-order valence-electron chi connectivity index (χ2n) is 9.15. The van der Waals surface area contributed by atoms with Gasteiger partial charge in [0, 0.05) is 54.1 Å². The molecule has 0 fully saturated rings. The highest BCUT2D eigenvalue weighted by atomic mass is 16.6. The Labute approximate surface area is 260 Å². The Morgan fingerprint density at radius 3 is 0.860 bits per heavy atom. The van der Waals surface area contributed by atoms with Gasteiger partial charge in [-0.3, -0.25) is 4.90 Å². The number of ether oxygens (including phenoxy) is 12. The summed E-state index contributed by atoms with van der Waals surface area (Å²) in [5.74, 6) is 0. The Kier molecular flexibility index (Phi) is 42.9. The Balaban J connectivity index is 0. The fraction of sp³-hybridized carbons (Fsp3) is 1.00. The Morgan fingerprint density at radius 1 is 0.372 bits per heavy atom. The monoisotopic (exact) mass is 632 g/mol. The first-order valence-electron chi connectivity index (χ1n) is 15.2. The zero-order chi connectivity index (χ0) is 31.9. The maximum Gasteiger partial charge on any atom is 0.0701 e. The van der Waals surface area contributed by atoms with E-state index in [9.17, 15) is 0 Å². The van der Waals surface area contributed by atoms with Crippen LogP contribution < -0.4 is 5.73 Å². The van der Waals surface area contributed by atoms with Crippen molar-refractivity contribution >= 4 is 0 Å². The van der Waals surface area contributed by atoms with Gasteiger partial charge in [0.05, 0.1) is 132 Å². The third-order valence-electron chi connectivity index (χ3n) is 5.25. The van der Waals surface area contributed by atoms with E-state index in [1.54, 1.807) is 28.4 Å². The van der Waals surface area contributed by atoms with Crippen LogP contribution in [0.1, 0.15) is 6.92 Å². The van der Waals surface area contributed by atoms with E-state index in [0.29, 0.717) is 132 Å². The standard InChI is InChI=1S/C21H45NO9.C8H19NO3/c1-23-10-13-29-19-16-26-7-4-22(5-8-27-17-20-30-14-11-24-2)6-9-28-18-21-31-15-12-25-3;1-8(9)7-12-6-5-11-4-3-10-2/h4-21H2,1-3H3;8H,3-7,9H2,1-2H3. The van der Waals surface area contributed by atoms with E-state index >= 15 is 0 Å². The molecule has 14 nitrogen and oxygen atoms in total. The first-order chi connectivity index (χ1) is 21.1. The zero-order valence-corrected chi connectivity index (χ0v) is 27.8. The summed E-state index contributed by atoms with van der Waals surface area (Å²) >= 11 is 0.